The second-order valence-corrected chi connectivity index (χ2v) is 6.77. The van der Waals surface area contributed by atoms with Crippen molar-refractivity contribution in [2.24, 2.45) is 0 Å². The Morgan fingerprint density at radius 3 is 2.96 bits per heavy atom. The fraction of sp³-hybridized carbons (Fsp3) is 0.412. The van der Waals surface area contributed by atoms with Gasteiger partial charge in [-0.15, -0.1) is 11.3 Å². The van der Waals surface area contributed by atoms with E-state index in [1.165, 1.54) is 11.1 Å². The molecule has 0 spiro atoms. The maximum absolute atomic E-state index is 12.8. The van der Waals surface area contributed by atoms with Gasteiger partial charge in [0.05, 0.1) is 13.2 Å². The molecule has 0 saturated carbocycles. The van der Waals surface area contributed by atoms with E-state index in [0.29, 0.717) is 19.7 Å². The van der Waals surface area contributed by atoms with E-state index in [2.05, 4.69) is 28.1 Å². The molecule has 1 fully saturated rings. The van der Waals surface area contributed by atoms with Crippen LogP contribution in [0.4, 0.5) is 5.13 Å². The molecular weight excluding hydrogens is 310 g/mol. The van der Waals surface area contributed by atoms with Crippen LogP contribution in [0.5, 0.6) is 0 Å². The average molecular weight is 329 g/mol. The number of anilines is 1. The van der Waals surface area contributed by atoms with Gasteiger partial charge in [-0.05, 0) is 17.5 Å². The summed E-state index contributed by atoms with van der Waals surface area (Å²) in [7, 11) is 0. The van der Waals surface area contributed by atoms with E-state index in [1.807, 2.05) is 16.3 Å². The van der Waals surface area contributed by atoms with E-state index in [4.69, 9.17) is 4.74 Å². The molecule has 1 unspecified atom stereocenters. The van der Waals surface area contributed by atoms with E-state index in [-0.39, 0.29) is 5.91 Å². The Morgan fingerprint density at radius 1 is 1.26 bits per heavy atom. The summed E-state index contributed by atoms with van der Waals surface area (Å²) in [5.41, 5.74) is 2.60. The molecule has 1 amide bonds. The highest BCUT2D eigenvalue weighted by Crippen LogP contribution is 2.23. The van der Waals surface area contributed by atoms with Gasteiger partial charge in [0.1, 0.15) is 0 Å². The fourth-order valence-electron chi connectivity index (χ4n) is 3.23. The van der Waals surface area contributed by atoms with Crippen LogP contribution in [0, 0.1) is 0 Å². The molecule has 1 atom stereocenters. The summed E-state index contributed by atoms with van der Waals surface area (Å²) in [6.07, 6.45) is 2.33. The number of benzene rings is 1. The molecule has 0 bridgehead atoms. The number of carbonyl (C=O) groups excluding carboxylic acids is 1. The topological polar surface area (TPSA) is 45.7 Å². The SMILES string of the molecule is O=C(C1CN(c2nccs2)CCO1)N1CCc2ccccc2C1. The smallest absolute Gasteiger partial charge is 0.253 e. The number of carbonyl (C=O) groups is 1. The zero-order valence-electron chi connectivity index (χ0n) is 12.9. The molecule has 2 aliphatic heterocycles. The standard InChI is InChI=1S/C17H19N3O2S/c21-16(19-7-5-13-3-1-2-4-14(13)11-19)15-12-20(8-9-22-15)17-18-6-10-23-17/h1-4,6,10,15H,5,7-9,11-12H2. The van der Waals surface area contributed by atoms with Gasteiger partial charge in [-0.25, -0.2) is 4.98 Å². The monoisotopic (exact) mass is 329 g/mol. The molecule has 0 N–H and O–H groups in total. The van der Waals surface area contributed by atoms with Gasteiger partial charge >= 0.3 is 0 Å². The summed E-state index contributed by atoms with van der Waals surface area (Å²) in [5.74, 6) is 0.0979. The Balaban J connectivity index is 1.45. The summed E-state index contributed by atoms with van der Waals surface area (Å²) in [5, 5.41) is 2.93. The highest BCUT2D eigenvalue weighted by molar-refractivity contribution is 7.13. The van der Waals surface area contributed by atoms with Crippen LogP contribution in [0.15, 0.2) is 35.8 Å². The number of morpholine rings is 1. The number of rotatable bonds is 2. The third-order valence-electron chi connectivity index (χ3n) is 4.47. The predicted molar refractivity (Wildman–Crippen MR) is 89.6 cm³/mol. The van der Waals surface area contributed by atoms with Gasteiger partial charge in [0.25, 0.3) is 5.91 Å². The number of thiazole rings is 1. The van der Waals surface area contributed by atoms with Crippen molar-refractivity contribution >= 4 is 22.4 Å². The molecule has 6 heteroatoms. The highest BCUT2D eigenvalue weighted by Gasteiger charge is 2.32. The van der Waals surface area contributed by atoms with E-state index >= 15 is 0 Å². The van der Waals surface area contributed by atoms with Gasteiger partial charge in [-0.1, -0.05) is 24.3 Å². The van der Waals surface area contributed by atoms with Gasteiger partial charge < -0.3 is 14.5 Å². The number of nitrogens with zero attached hydrogens (tertiary/aromatic N) is 3. The average Bonchev–Trinajstić information content (AvgIpc) is 3.15. The Labute approximate surface area is 139 Å². The van der Waals surface area contributed by atoms with Gasteiger partial charge in [-0.2, -0.15) is 0 Å². The minimum Gasteiger partial charge on any atom is -0.365 e. The first-order valence-corrected chi connectivity index (χ1v) is 8.81. The lowest BCUT2D eigenvalue weighted by Crippen LogP contribution is -2.52. The Hall–Kier alpha value is -1.92. The molecule has 2 aliphatic rings. The summed E-state index contributed by atoms with van der Waals surface area (Å²) in [4.78, 5) is 21.3. The molecule has 0 aliphatic carbocycles. The first kappa shape index (κ1) is 14.7. The van der Waals surface area contributed by atoms with Crippen molar-refractivity contribution in [3.63, 3.8) is 0 Å². The lowest BCUT2D eigenvalue weighted by molar-refractivity contribution is -0.145. The molecule has 2 aromatic rings. The van der Waals surface area contributed by atoms with Gasteiger partial charge in [0, 0.05) is 31.2 Å². The van der Waals surface area contributed by atoms with Crippen molar-refractivity contribution in [2.75, 3.05) is 31.1 Å². The normalized spacial score (nSPS) is 21.1. The van der Waals surface area contributed by atoms with Crippen LogP contribution in [0.25, 0.3) is 0 Å². The van der Waals surface area contributed by atoms with Crippen molar-refractivity contribution in [1.29, 1.82) is 0 Å². The van der Waals surface area contributed by atoms with Crippen LogP contribution < -0.4 is 4.90 Å². The van der Waals surface area contributed by atoms with Crippen molar-refractivity contribution in [1.82, 2.24) is 9.88 Å². The van der Waals surface area contributed by atoms with Crippen LogP contribution in [-0.2, 0) is 22.5 Å². The molecule has 3 heterocycles. The second kappa shape index (κ2) is 6.29. The summed E-state index contributed by atoms with van der Waals surface area (Å²) < 4.78 is 5.75. The lowest BCUT2D eigenvalue weighted by atomic mass is 9.99. The maximum atomic E-state index is 12.8. The van der Waals surface area contributed by atoms with E-state index in [9.17, 15) is 4.79 Å². The number of hydrogen-bond acceptors (Lipinski definition) is 5. The second-order valence-electron chi connectivity index (χ2n) is 5.90. The first-order chi connectivity index (χ1) is 11.3. The minimum atomic E-state index is -0.391. The third kappa shape index (κ3) is 2.96. The van der Waals surface area contributed by atoms with Crippen LogP contribution in [0.2, 0.25) is 0 Å². The van der Waals surface area contributed by atoms with E-state index < -0.39 is 6.10 Å². The summed E-state index contributed by atoms with van der Waals surface area (Å²) in [6.45, 7) is 3.41. The summed E-state index contributed by atoms with van der Waals surface area (Å²) in [6, 6.07) is 8.36. The van der Waals surface area contributed by atoms with Crippen LogP contribution in [0.1, 0.15) is 11.1 Å². The molecule has 0 radical (unpaired) electrons. The fourth-order valence-corrected chi connectivity index (χ4v) is 3.91. The number of aromatic nitrogens is 1. The van der Waals surface area contributed by atoms with Crippen molar-refractivity contribution in [3.05, 3.63) is 47.0 Å². The third-order valence-corrected chi connectivity index (χ3v) is 5.31. The molecular formula is C17H19N3O2S. The van der Waals surface area contributed by atoms with Crippen molar-refractivity contribution in [3.8, 4) is 0 Å². The maximum Gasteiger partial charge on any atom is 0.253 e. The number of amides is 1. The lowest BCUT2D eigenvalue weighted by Gasteiger charge is -2.36. The van der Waals surface area contributed by atoms with Crippen molar-refractivity contribution in [2.45, 2.75) is 19.1 Å². The molecule has 120 valence electrons. The Morgan fingerprint density at radius 2 is 2.13 bits per heavy atom. The van der Waals surface area contributed by atoms with E-state index in [0.717, 1.165) is 24.6 Å². The first-order valence-electron chi connectivity index (χ1n) is 7.93. The molecule has 5 nitrogen and oxygen atoms in total. The molecule has 1 aromatic carbocycles. The van der Waals surface area contributed by atoms with Crippen LogP contribution in [0.3, 0.4) is 0 Å². The van der Waals surface area contributed by atoms with Crippen LogP contribution in [-0.4, -0.2) is 48.1 Å². The van der Waals surface area contributed by atoms with Crippen LogP contribution >= 0.6 is 11.3 Å². The largest absolute Gasteiger partial charge is 0.365 e. The predicted octanol–water partition coefficient (Wildman–Crippen LogP) is 1.93. The summed E-state index contributed by atoms with van der Waals surface area (Å²) >= 11 is 1.60. The zero-order chi connectivity index (χ0) is 15.6. The quantitative estimate of drug-likeness (QED) is 0.845. The van der Waals surface area contributed by atoms with Gasteiger partial charge in [0.15, 0.2) is 11.2 Å². The van der Waals surface area contributed by atoms with E-state index in [1.54, 1.807) is 17.5 Å². The van der Waals surface area contributed by atoms with Gasteiger partial charge in [-0.3, -0.25) is 4.79 Å². The van der Waals surface area contributed by atoms with Crippen molar-refractivity contribution < 1.29 is 9.53 Å². The molecule has 23 heavy (non-hydrogen) atoms. The minimum absolute atomic E-state index is 0.0979. The highest BCUT2D eigenvalue weighted by atomic mass is 32.1. The molecule has 1 aromatic heterocycles. The zero-order valence-corrected chi connectivity index (χ0v) is 13.7. The number of fused-ring (bicyclic) bond motifs is 1. The Kier molecular flexibility index (Phi) is 4.01. The number of ether oxygens (including phenoxy) is 1. The Bertz CT molecular complexity index is 689. The molecule has 4 rings (SSSR count). The molecule has 1 saturated heterocycles. The van der Waals surface area contributed by atoms with Gasteiger partial charge in [0.2, 0.25) is 0 Å². The number of hydrogen-bond donors (Lipinski definition) is 0.